The van der Waals surface area contributed by atoms with Gasteiger partial charge in [0.1, 0.15) is 4.70 Å². The fourth-order valence-corrected chi connectivity index (χ4v) is 3.87. The van der Waals surface area contributed by atoms with Crippen molar-refractivity contribution >= 4 is 38.7 Å². The van der Waals surface area contributed by atoms with Crippen LogP contribution < -0.4 is 5.56 Å². The summed E-state index contributed by atoms with van der Waals surface area (Å²) in [7, 11) is 0. The number of fused-ring (bicyclic) bond motifs is 1. The maximum atomic E-state index is 12.3. The van der Waals surface area contributed by atoms with Gasteiger partial charge in [0.25, 0.3) is 5.56 Å². The number of carbonyl (C=O) groups excluding carboxylic acids is 1. The minimum absolute atomic E-state index is 0.0384. The van der Waals surface area contributed by atoms with Crippen LogP contribution >= 0.6 is 22.7 Å². The molecular weight excluding hydrogens is 292 g/mol. The second kappa shape index (κ2) is 4.96. The lowest BCUT2D eigenvalue weighted by Crippen LogP contribution is -2.24. The second-order valence-corrected chi connectivity index (χ2v) is 6.94. The van der Waals surface area contributed by atoms with E-state index in [0.29, 0.717) is 15.8 Å². The highest BCUT2D eigenvalue weighted by Crippen LogP contribution is 2.21. The average molecular weight is 304 g/mol. The van der Waals surface area contributed by atoms with Gasteiger partial charge in [0, 0.05) is 15.3 Å². The Morgan fingerprint density at radius 3 is 2.90 bits per heavy atom. The van der Waals surface area contributed by atoms with E-state index in [1.807, 2.05) is 25.3 Å². The van der Waals surface area contributed by atoms with E-state index in [2.05, 4.69) is 4.98 Å². The molecule has 6 heteroatoms. The van der Waals surface area contributed by atoms with Gasteiger partial charge in [-0.1, -0.05) is 0 Å². The van der Waals surface area contributed by atoms with Crippen LogP contribution in [-0.4, -0.2) is 15.3 Å². The zero-order valence-corrected chi connectivity index (χ0v) is 12.7. The summed E-state index contributed by atoms with van der Waals surface area (Å²) < 4.78 is 1.98. The maximum absolute atomic E-state index is 12.3. The first-order chi connectivity index (χ1) is 9.56. The summed E-state index contributed by atoms with van der Waals surface area (Å²) >= 11 is 2.95. The molecule has 0 fully saturated rings. The SMILES string of the molecule is Cc1cc(C(=O)Cn2cnc3ccsc3c2=O)c(C)s1. The minimum Gasteiger partial charge on any atom is -0.292 e. The number of Topliss-reactive ketones (excluding diaryl/α,β-unsaturated/α-hetero) is 1. The van der Waals surface area contributed by atoms with Crippen LogP contribution in [0.25, 0.3) is 10.2 Å². The third-order valence-electron chi connectivity index (χ3n) is 3.09. The molecular formula is C14H12N2O2S2. The van der Waals surface area contributed by atoms with Crippen LogP contribution in [0.15, 0.2) is 28.6 Å². The molecule has 3 heterocycles. The molecule has 3 aromatic heterocycles. The lowest BCUT2D eigenvalue weighted by atomic mass is 10.1. The van der Waals surface area contributed by atoms with E-state index in [0.717, 1.165) is 9.75 Å². The standard InChI is InChI=1S/C14H12N2O2S2/c1-8-5-10(9(2)20-8)12(17)6-16-7-15-11-3-4-19-13(11)14(16)18/h3-5,7H,6H2,1-2H3. The van der Waals surface area contributed by atoms with Crippen LogP contribution in [0.3, 0.4) is 0 Å². The highest BCUT2D eigenvalue weighted by atomic mass is 32.1. The summed E-state index contributed by atoms with van der Waals surface area (Å²) in [6.07, 6.45) is 1.45. The van der Waals surface area contributed by atoms with Gasteiger partial charge in [0.05, 0.1) is 18.4 Å². The molecule has 0 bridgehead atoms. The molecule has 3 aromatic rings. The Bertz CT molecular complexity index is 858. The predicted molar refractivity (Wildman–Crippen MR) is 82.0 cm³/mol. The van der Waals surface area contributed by atoms with Crippen LogP contribution in [-0.2, 0) is 6.54 Å². The van der Waals surface area contributed by atoms with Gasteiger partial charge in [-0.3, -0.25) is 14.2 Å². The summed E-state index contributed by atoms with van der Waals surface area (Å²) in [5.41, 5.74) is 1.24. The van der Waals surface area contributed by atoms with Gasteiger partial charge < -0.3 is 0 Å². The van der Waals surface area contributed by atoms with Crippen molar-refractivity contribution in [2.24, 2.45) is 0 Å². The summed E-state index contributed by atoms with van der Waals surface area (Å²) in [6.45, 7) is 3.94. The third-order valence-corrected chi connectivity index (χ3v) is 4.95. The molecule has 0 saturated carbocycles. The summed E-state index contributed by atoms with van der Waals surface area (Å²) in [5, 5.41) is 1.83. The Morgan fingerprint density at radius 1 is 1.40 bits per heavy atom. The summed E-state index contributed by atoms with van der Waals surface area (Å²) in [4.78, 5) is 30.8. The first kappa shape index (κ1) is 13.2. The van der Waals surface area contributed by atoms with Gasteiger partial charge in [0.2, 0.25) is 0 Å². The topological polar surface area (TPSA) is 52.0 Å². The smallest absolute Gasteiger partial charge is 0.271 e. The number of nitrogens with zero attached hydrogens (tertiary/aromatic N) is 2. The highest BCUT2D eigenvalue weighted by Gasteiger charge is 2.14. The van der Waals surface area contributed by atoms with E-state index in [-0.39, 0.29) is 17.9 Å². The zero-order valence-electron chi connectivity index (χ0n) is 11.0. The van der Waals surface area contributed by atoms with Gasteiger partial charge in [-0.2, -0.15) is 0 Å². The lowest BCUT2D eigenvalue weighted by Gasteiger charge is -2.04. The number of rotatable bonds is 3. The predicted octanol–water partition coefficient (Wildman–Crippen LogP) is 3.02. The molecule has 0 amide bonds. The fraction of sp³-hybridized carbons (Fsp3) is 0.214. The number of carbonyl (C=O) groups is 1. The molecule has 0 radical (unpaired) electrons. The Kier molecular flexibility index (Phi) is 3.27. The third kappa shape index (κ3) is 2.21. The van der Waals surface area contributed by atoms with E-state index < -0.39 is 0 Å². The Morgan fingerprint density at radius 2 is 2.20 bits per heavy atom. The number of hydrogen-bond donors (Lipinski definition) is 0. The number of aromatic nitrogens is 2. The molecule has 20 heavy (non-hydrogen) atoms. The van der Waals surface area contributed by atoms with Crippen molar-refractivity contribution in [3.05, 3.63) is 49.5 Å². The molecule has 0 saturated heterocycles. The Balaban J connectivity index is 1.97. The molecule has 0 aromatic carbocycles. The molecule has 0 unspecified atom stereocenters. The quantitative estimate of drug-likeness (QED) is 0.699. The van der Waals surface area contributed by atoms with Crippen LogP contribution in [0.2, 0.25) is 0 Å². The first-order valence-corrected chi connectivity index (χ1v) is 7.79. The molecule has 102 valence electrons. The van der Waals surface area contributed by atoms with Gasteiger partial charge in [-0.05, 0) is 31.4 Å². The van der Waals surface area contributed by atoms with Crippen molar-refractivity contribution in [3.8, 4) is 0 Å². The molecule has 0 aliphatic heterocycles. The first-order valence-electron chi connectivity index (χ1n) is 6.09. The number of hydrogen-bond acceptors (Lipinski definition) is 5. The second-order valence-electron chi connectivity index (χ2n) is 4.56. The average Bonchev–Trinajstić information content (AvgIpc) is 2.99. The van der Waals surface area contributed by atoms with Crippen LogP contribution in [0, 0.1) is 13.8 Å². The van der Waals surface area contributed by atoms with Gasteiger partial charge in [0.15, 0.2) is 5.78 Å². The molecule has 0 aliphatic carbocycles. The fourth-order valence-electron chi connectivity index (χ4n) is 2.14. The summed E-state index contributed by atoms with van der Waals surface area (Å²) in [5.74, 6) is -0.0494. The summed E-state index contributed by atoms with van der Waals surface area (Å²) in [6, 6.07) is 3.68. The molecule has 0 N–H and O–H groups in total. The maximum Gasteiger partial charge on any atom is 0.271 e. The van der Waals surface area contributed by atoms with Gasteiger partial charge >= 0.3 is 0 Å². The van der Waals surface area contributed by atoms with E-state index in [9.17, 15) is 9.59 Å². The molecule has 0 aliphatic rings. The van der Waals surface area contributed by atoms with E-state index in [1.54, 1.807) is 17.4 Å². The number of thiophene rings is 2. The van der Waals surface area contributed by atoms with Gasteiger partial charge in [-0.25, -0.2) is 4.98 Å². The van der Waals surface area contributed by atoms with Crippen molar-refractivity contribution < 1.29 is 4.79 Å². The highest BCUT2D eigenvalue weighted by molar-refractivity contribution is 7.17. The molecule has 0 atom stereocenters. The van der Waals surface area contributed by atoms with Gasteiger partial charge in [-0.15, -0.1) is 22.7 Å². The Hall–Kier alpha value is -1.79. The Labute approximate surface area is 123 Å². The molecule has 4 nitrogen and oxygen atoms in total. The van der Waals surface area contributed by atoms with Crippen LogP contribution in [0.1, 0.15) is 20.1 Å². The number of aryl methyl sites for hydroxylation is 2. The van der Waals surface area contributed by atoms with Crippen LogP contribution in [0.5, 0.6) is 0 Å². The largest absolute Gasteiger partial charge is 0.292 e. The van der Waals surface area contributed by atoms with E-state index >= 15 is 0 Å². The monoisotopic (exact) mass is 304 g/mol. The van der Waals surface area contributed by atoms with Crippen LogP contribution in [0.4, 0.5) is 0 Å². The normalized spacial score (nSPS) is 11.1. The van der Waals surface area contributed by atoms with E-state index in [4.69, 9.17) is 0 Å². The van der Waals surface area contributed by atoms with Crippen molar-refractivity contribution in [1.82, 2.24) is 9.55 Å². The number of ketones is 1. The molecule has 3 rings (SSSR count). The van der Waals surface area contributed by atoms with Crippen molar-refractivity contribution in [2.45, 2.75) is 20.4 Å². The molecule has 0 spiro atoms. The van der Waals surface area contributed by atoms with E-state index in [1.165, 1.54) is 22.2 Å². The van der Waals surface area contributed by atoms with Crippen molar-refractivity contribution in [1.29, 1.82) is 0 Å². The van der Waals surface area contributed by atoms with Crippen molar-refractivity contribution in [2.75, 3.05) is 0 Å². The lowest BCUT2D eigenvalue weighted by molar-refractivity contribution is 0.0970. The zero-order chi connectivity index (χ0) is 14.3. The van der Waals surface area contributed by atoms with Crippen molar-refractivity contribution in [3.63, 3.8) is 0 Å². The minimum atomic E-state index is -0.150.